The molecule has 3 aromatic rings. The van der Waals surface area contributed by atoms with Gasteiger partial charge in [-0.2, -0.15) is 0 Å². The third-order valence-electron chi connectivity index (χ3n) is 3.31. The molecule has 0 N–H and O–H groups in total. The number of rotatable bonds is 5. The average Bonchev–Trinajstić information content (AvgIpc) is 2.55. The fourth-order valence-electron chi connectivity index (χ4n) is 2.21. The van der Waals surface area contributed by atoms with Crippen molar-refractivity contribution in [2.45, 2.75) is 6.42 Å². The topological polar surface area (TPSA) is 39.4 Å². The molecule has 4 heteroatoms. The minimum atomic E-state index is -0.0427. The van der Waals surface area contributed by atoms with E-state index < -0.39 is 0 Å². The quantitative estimate of drug-likeness (QED) is 0.352. The lowest BCUT2D eigenvalue weighted by molar-refractivity contribution is 0.319. The molecule has 0 radical (unpaired) electrons. The Bertz CT molecular complexity index is 825. The Balaban J connectivity index is 2.01. The molecule has 0 aliphatic heterocycles. The molecule has 0 spiro atoms. The summed E-state index contributed by atoms with van der Waals surface area (Å²) in [6.07, 6.45) is 0.993. The van der Waals surface area contributed by atoms with Crippen molar-refractivity contribution < 1.29 is 9.15 Å². The van der Waals surface area contributed by atoms with E-state index in [0.717, 1.165) is 22.2 Å². The molecule has 1 aromatic heterocycles. The third kappa shape index (κ3) is 3.32. The second kappa shape index (κ2) is 6.96. The van der Waals surface area contributed by atoms with Gasteiger partial charge in [0, 0.05) is 22.1 Å². The number of hydrogen-bond acceptors (Lipinski definition) is 3. The number of ether oxygens (including phenoxy) is 1. The Kier molecular flexibility index (Phi) is 4.77. The van der Waals surface area contributed by atoms with Crippen molar-refractivity contribution >= 4 is 33.6 Å². The summed E-state index contributed by atoms with van der Waals surface area (Å²) >= 11 is 2.32. The van der Waals surface area contributed by atoms with Gasteiger partial charge in [-0.15, -0.1) is 0 Å². The van der Waals surface area contributed by atoms with E-state index in [1.807, 2.05) is 36.4 Å². The number of benzene rings is 2. The monoisotopic (exact) mass is 406 g/mol. The molecule has 0 unspecified atom stereocenters. The van der Waals surface area contributed by atoms with Crippen molar-refractivity contribution in [1.82, 2.24) is 0 Å². The molecule has 3 nitrogen and oxygen atoms in total. The van der Waals surface area contributed by atoms with Gasteiger partial charge in [-0.25, -0.2) is 0 Å². The Hall–Kier alpha value is -1.82. The van der Waals surface area contributed by atoms with Crippen LogP contribution in [0.3, 0.4) is 0 Å². The van der Waals surface area contributed by atoms with Crippen LogP contribution in [0.25, 0.3) is 22.3 Å². The molecule has 0 aliphatic carbocycles. The van der Waals surface area contributed by atoms with Crippen LogP contribution in [0.5, 0.6) is 5.75 Å². The van der Waals surface area contributed by atoms with Crippen LogP contribution >= 0.6 is 22.6 Å². The third-order valence-corrected chi connectivity index (χ3v) is 4.07. The average molecular weight is 406 g/mol. The van der Waals surface area contributed by atoms with Crippen molar-refractivity contribution in [3.63, 3.8) is 0 Å². The summed E-state index contributed by atoms with van der Waals surface area (Å²) in [5.41, 5.74) is 1.40. The van der Waals surface area contributed by atoms with Crippen LogP contribution in [0.15, 0.2) is 63.8 Å². The largest absolute Gasteiger partial charge is 0.493 e. The van der Waals surface area contributed by atoms with E-state index in [0.29, 0.717) is 23.3 Å². The Morgan fingerprint density at radius 1 is 1.05 bits per heavy atom. The first-order chi connectivity index (χ1) is 10.8. The van der Waals surface area contributed by atoms with Crippen LogP contribution in [0.2, 0.25) is 0 Å². The van der Waals surface area contributed by atoms with E-state index in [1.54, 1.807) is 12.1 Å². The number of fused-ring (bicyclic) bond motifs is 1. The molecule has 0 saturated carbocycles. The summed E-state index contributed by atoms with van der Waals surface area (Å²) in [6, 6.07) is 16.5. The van der Waals surface area contributed by atoms with Gasteiger partial charge in [0.25, 0.3) is 0 Å². The molecule has 112 valence electrons. The van der Waals surface area contributed by atoms with Crippen molar-refractivity contribution in [3.8, 4) is 17.1 Å². The molecule has 0 amide bonds. The van der Waals surface area contributed by atoms with Gasteiger partial charge in [-0.1, -0.05) is 52.9 Å². The molecule has 2 aromatic carbocycles. The van der Waals surface area contributed by atoms with E-state index >= 15 is 0 Å². The van der Waals surface area contributed by atoms with Crippen molar-refractivity contribution in [2.24, 2.45) is 0 Å². The number of halogens is 1. The molecule has 0 fully saturated rings. The Morgan fingerprint density at radius 3 is 2.64 bits per heavy atom. The maximum Gasteiger partial charge on any atom is 0.193 e. The molecule has 3 rings (SSSR count). The maximum atomic E-state index is 12.2. The summed E-state index contributed by atoms with van der Waals surface area (Å²) in [5.74, 6) is 1.30. The van der Waals surface area contributed by atoms with Gasteiger partial charge in [0.15, 0.2) is 5.43 Å². The zero-order chi connectivity index (χ0) is 15.4. The van der Waals surface area contributed by atoms with Gasteiger partial charge < -0.3 is 9.15 Å². The first kappa shape index (κ1) is 15.1. The lowest BCUT2D eigenvalue weighted by Crippen LogP contribution is -2.02. The summed E-state index contributed by atoms with van der Waals surface area (Å²) in [7, 11) is 0. The van der Waals surface area contributed by atoms with Gasteiger partial charge in [-0.05, 0) is 18.6 Å². The fraction of sp³-hybridized carbons (Fsp3) is 0.167. The fourth-order valence-corrected chi connectivity index (χ4v) is 2.53. The molecule has 1 heterocycles. The summed E-state index contributed by atoms with van der Waals surface area (Å²) < 4.78 is 12.6. The first-order valence-corrected chi connectivity index (χ1v) is 8.62. The minimum Gasteiger partial charge on any atom is -0.493 e. The van der Waals surface area contributed by atoms with Crippen molar-refractivity contribution in [1.29, 1.82) is 0 Å². The van der Waals surface area contributed by atoms with E-state index in [-0.39, 0.29) is 5.43 Å². The smallest absolute Gasteiger partial charge is 0.193 e. The number of alkyl halides is 1. The number of hydrogen-bond donors (Lipinski definition) is 0. The van der Waals surface area contributed by atoms with Crippen molar-refractivity contribution in [3.05, 3.63) is 64.8 Å². The van der Waals surface area contributed by atoms with Gasteiger partial charge in [0.05, 0.1) is 12.0 Å². The molecular weight excluding hydrogens is 391 g/mol. The highest BCUT2D eigenvalue weighted by molar-refractivity contribution is 14.1. The van der Waals surface area contributed by atoms with Gasteiger partial charge >= 0.3 is 0 Å². The van der Waals surface area contributed by atoms with Gasteiger partial charge in [-0.3, -0.25) is 4.79 Å². The predicted octanol–water partition coefficient (Wildman–Crippen LogP) is 4.66. The van der Waals surface area contributed by atoms with E-state index in [1.165, 1.54) is 6.07 Å². The van der Waals surface area contributed by atoms with Crippen LogP contribution in [-0.2, 0) is 0 Å². The lowest BCUT2D eigenvalue weighted by atomic mass is 10.1. The summed E-state index contributed by atoms with van der Waals surface area (Å²) in [6.45, 7) is 0.664. The predicted molar refractivity (Wildman–Crippen MR) is 96.9 cm³/mol. The zero-order valence-corrected chi connectivity index (χ0v) is 14.1. The maximum absolute atomic E-state index is 12.2. The Labute approximate surface area is 142 Å². The SMILES string of the molecule is O=c1cc(-c2ccccc2)oc2cc(OCCCI)ccc12. The van der Waals surface area contributed by atoms with Gasteiger partial charge in [0.1, 0.15) is 17.1 Å². The highest BCUT2D eigenvalue weighted by Crippen LogP contribution is 2.24. The molecule has 0 aliphatic rings. The zero-order valence-electron chi connectivity index (χ0n) is 11.9. The van der Waals surface area contributed by atoms with Crippen molar-refractivity contribution in [2.75, 3.05) is 11.0 Å². The second-order valence-electron chi connectivity index (χ2n) is 4.89. The Morgan fingerprint density at radius 2 is 1.86 bits per heavy atom. The lowest BCUT2D eigenvalue weighted by Gasteiger charge is -2.07. The van der Waals surface area contributed by atoms with E-state index in [4.69, 9.17) is 9.15 Å². The molecule has 0 atom stereocenters. The van der Waals surface area contributed by atoms with E-state index in [9.17, 15) is 4.79 Å². The molecule has 0 bridgehead atoms. The minimum absolute atomic E-state index is 0.0427. The first-order valence-electron chi connectivity index (χ1n) is 7.10. The highest BCUT2D eigenvalue weighted by Gasteiger charge is 2.08. The second-order valence-corrected chi connectivity index (χ2v) is 5.97. The van der Waals surface area contributed by atoms with E-state index in [2.05, 4.69) is 22.6 Å². The van der Waals surface area contributed by atoms with Crippen LogP contribution < -0.4 is 10.2 Å². The summed E-state index contributed by atoms with van der Waals surface area (Å²) in [5, 5.41) is 0.570. The molecule has 0 saturated heterocycles. The van der Waals surface area contributed by atoms with Gasteiger partial charge in [0.2, 0.25) is 0 Å². The van der Waals surface area contributed by atoms with Crippen LogP contribution in [0.4, 0.5) is 0 Å². The highest BCUT2D eigenvalue weighted by atomic mass is 127. The summed E-state index contributed by atoms with van der Waals surface area (Å²) in [4.78, 5) is 12.2. The standard InChI is InChI=1S/C18H15IO3/c19-9-4-10-21-14-7-8-15-16(20)12-17(22-18(15)11-14)13-5-2-1-3-6-13/h1-3,5-8,11-12H,4,9-10H2. The normalized spacial score (nSPS) is 10.8. The van der Waals surface area contributed by atoms with Crippen LogP contribution in [0, 0.1) is 0 Å². The van der Waals surface area contributed by atoms with Crippen LogP contribution in [0.1, 0.15) is 6.42 Å². The molecule has 22 heavy (non-hydrogen) atoms. The van der Waals surface area contributed by atoms with Crippen LogP contribution in [-0.4, -0.2) is 11.0 Å². The molecular formula is C18H15IO3.